The number of allylic oxidation sites excluding steroid dienone is 1. The summed E-state index contributed by atoms with van der Waals surface area (Å²) in [5.41, 5.74) is 1.97. The van der Waals surface area contributed by atoms with E-state index in [1.54, 1.807) is 5.57 Å². The van der Waals surface area contributed by atoms with Crippen molar-refractivity contribution in [3.63, 3.8) is 0 Å². The standard InChI is InChI=1S/C23H36O2/c1-21(2,3)25-16-10-12-22(4)15(14-16)6-7-17-18-8-9-20(24)23(18,5)13-11-19(17)22/h6,16-19H,7-14H2,1-5H3/t16-,17-,18-,19-,22+,23+/m1/s1. The first kappa shape index (κ1) is 17.8. The normalized spacial score (nSPS) is 46.9. The molecule has 140 valence electrons. The van der Waals surface area contributed by atoms with Crippen molar-refractivity contribution in [2.24, 2.45) is 28.6 Å². The first-order valence-corrected chi connectivity index (χ1v) is 10.5. The molecule has 0 heterocycles. The molecule has 25 heavy (non-hydrogen) atoms. The summed E-state index contributed by atoms with van der Waals surface area (Å²) in [5.74, 6) is 2.71. The van der Waals surface area contributed by atoms with Gasteiger partial charge in [0.1, 0.15) is 5.78 Å². The molecule has 0 unspecified atom stereocenters. The highest BCUT2D eigenvalue weighted by atomic mass is 16.5. The second-order valence-electron chi connectivity index (χ2n) is 10.8. The summed E-state index contributed by atoms with van der Waals surface area (Å²) >= 11 is 0. The number of rotatable bonds is 1. The average molecular weight is 345 g/mol. The highest BCUT2D eigenvalue weighted by Gasteiger charge is 2.58. The van der Waals surface area contributed by atoms with Crippen molar-refractivity contribution in [1.82, 2.24) is 0 Å². The molecule has 4 aliphatic rings. The Morgan fingerprint density at radius 1 is 1.04 bits per heavy atom. The molecule has 0 aromatic rings. The molecule has 4 aliphatic carbocycles. The number of hydrogen-bond donors (Lipinski definition) is 0. The molecule has 3 fully saturated rings. The van der Waals surface area contributed by atoms with Crippen LogP contribution in [0.1, 0.15) is 86.0 Å². The Morgan fingerprint density at radius 2 is 1.72 bits per heavy atom. The van der Waals surface area contributed by atoms with Crippen molar-refractivity contribution in [1.29, 1.82) is 0 Å². The van der Waals surface area contributed by atoms with Gasteiger partial charge in [0, 0.05) is 11.8 Å². The van der Waals surface area contributed by atoms with Crippen molar-refractivity contribution >= 4 is 5.78 Å². The minimum Gasteiger partial charge on any atom is -0.372 e. The first-order valence-electron chi connectivity index (χ1n) is 10.5. The molecule has 0 aliphatic heterocycles. The van der Waals surface area contributed by atoms with E-state index < -0.39 is 0 Å². The Kier molecular flexibility index (Phi) is 4.04. The molecule has 0 saturated heterocycles. The van der Waals surface area contributed by atoms with Gasteiger partial charge in [-0.2, -0.15) is 0 Å². The third kappa shape index (κ3) is 2.74. The lowest BCUT2D eigenvalue weighted by Gasteiger charge is -2.57. The smallest absolute Gasteiger partial charge is 0.139 e. The van der Waals surface area contributed by atoms with E-state index in [4.69, 9.17) is 4.74 Å². The number of carbonyl (C=O) groups excluding carboxylic acids is 1. The molecule has 0 aromatic heterocycles. The zero-order chi connectivity index (χ0) is 18.0. The van der Waals surface area contributed by atoms with Gasteiger partial charge in [0.15, 0.2) is 0 Å². The lowest BCUT2D eigenvalue weighted by Crippen LogP contribution is -2.50. The Morgan fingerprint density at radius 3 is 2.44 bits per heavy atom. The van der Waals surface area contributed by atoms with Gasteiger partial charge in [-0.25, -0.2) is 0 Å². The third-order valence-corrected chi connectivity index (χ3v) is 8.29. The Balaban J connectivity index is 1.57. The minimum atomic E-state index is -0.0486. The predicted octanol–water partition coefficient (Wildman–Crippen LogP) is 5.70. The summed E-state index contributed by atoms with van der Waals surface area (Å²) in [6.45, 7) is 11.3. The zero-order valence-corrected chi connectivity index (χ0v) is 16.9. The quantitative estimate of drug-likeness (QED) is 0.570. The van der Waals surface area contributed by atoms with E-state index >= 15 is 0 Å². The molecular formula is C23H36O2. The zero-order valence-electron chi connectivity index (χ0n) is 16.9. The monoisotopic (exact) mass is 344 g/mol. The SMILES string of the molecule is CC(C)(C)O[C@@H]1CC[C@@]2(C)C(=CC[C@H]3[C@H]2CC[C@]2(C)C(=O)CC[C@H]32)C1. The fraction of sp³-hybridized carbons (Fsp3) is 0.870. The van der Waals surface area contributed by atoms with Crippen LogP contribution in [0.5, 0.6) is 0 Å². The van der Waals surface area contributed by atoms with Crippen LogP contribution in [0.15, 0.2) is 11.6 Å². The van der Waals surface area contributed by atoms with Gasteiger partial charge in [-0.15, -0.1) is 0 Å². The van der Waals surface area contributed by atoms with Gasteiger partial charge in [0.05, 0.1) is 11.7 Å². The number of carbonyl (C=O) groups is 1. The highest BCUT2D eigenvalue weighted by molar-refractivity contribution is 5.87. The van der Waals surface area contributed by atoms with Gasteiger partial charge in [-0.1, -0.05) is 25.5 Å². The molecule has 6 atom stereocenters. The maximum Gasteiger partial charge on any atom is 0.139 e. The molecule has 0 amide bonds. The molecule has 0 N–H and O–H groups in total. The number of fused-ring (bicyclic) bond motifs is 5. The van der Waals surface area contributed by atoms with Crippen molar-refractivity contribution in [2.75, 3.05) is 0 Å². The molecule has 2 nitrogen and oxygen atoms in total. The maximum absolute atomic E-state index is 12.5. The van der Waals surface area contributed by atoms with Crippen molar-refractivity contribution < 1.29 is 9.53 Å². The second-order valence-corrected chi connectivity index (χ2v) is 10.8. The van der Waals surface area contributed by atoms with E-state index in [2.05, 4.69) is 40.7 Å². The van der Waals surface area contributed by atoms with Crippen molar-refractivity contribution in [3.8, 4) is 0 Å². The predicted molar refractivity (Wildman–Crippen MR) is 101 cm³/mol. The summed E-state index contributed by atoms with van der Waals surface area (Å²) in [4.78, 5) is 12.5. The summed E-state index contributed by atoms with van der Waals surface area (Å²) in [7, 11) is 0. The van der Waals surface area contributed by atoms with Crippen LogP contribution in [0.2, 0.25) is 0 Å². The average Bonchev–Trinajstić information content (AvgIpc) is 2.82. The van der Waals surface area contributed by atoms with Crippen LogP contribution in [0.4, 0.5) is 0 Å². The molecule has 0 radical (unpaired) electrons. The number of Topliss-reactive ketones (excluding diaryl/α,β-unsaturated/α-hetero) is 1. The Labute approximate surface area is 153 Å². The van der Waals surface area contributed by atoms with E-state index in [-0.39, 0.29) is 11.0 Å². The number of ketones is 1. The molecule has 0 spiro atoms. The van der Waals surface area contributed by atoms with Gasteiger partial charge in [0.2, 0.25) is 0 Å². The van der Waals surface area contributed by atoms with Gasteiger partial charge >= 0.3 is 0 Å². The molecule has 0 aromatic carbocycles. The Bertz CT molecular complexity index is 598. The largest absolute Gasteiger partial charge is 0.372 e. The van der Waals surface area contributed by atoms with E-state index in [0.29, 0.717) is 23.2 Å². The molecule has 3 saturated carbocycles. The second kappa shape index (κ2) is 5.68. The van der Waals surface area contributed by atoms with Crippen LogP contribution in [-0.2, 0) is 9.53 Å². The molecule has 2 heteroatoms. The van der Waals surface area contributed by atoms with E-state index in [1.807, 2.05) is 0 Å². The van der Waals surface area contributed by atoms with E-state index in [9.17, 15) is 4.79 Å². The lowest BCUT2D eigenvalue weighted by atomic mass is 9.48. The van der Waals surface area contributed by atoms with Gasteiger partial charge in [0.25, 0.3) is 0 Å². The van der Waals surface area contributed by atoms with Crippen LogP contribution >= 0.6 is 0 Å². The summed E-state index contributed by atoms with van der Waals surface area (Å²) < 4.78 is 6.32. The van der Waals surface area contributed by atoms with Gasteiger partial charge < -0.3 is 4.74 Å². The van der Waals surface area contributed by atoms with Crippen LogP contribution in [0, 0.1) is 28.6 Å². The van der Waals surface area contributed by atoms with Gasteiger partial charge in [-0.05, 0) is 88.9 Å². The Hall–Kier alpha value is -0.630. The maximum atomic E-state index is 12.5. The van der Waals surface area contributed by atoms with E-state index in [0.717, 1.165) is 37.5 Å². The topological polar surface area (TPSA) is 26.3 Å². The molecular weight excluding hydrogens is 308 g/mol. The van der Waals surface area contributed by atoms with Crippen molar-refractivity contribution in [3.05, 3.63) is 11.6 Å². The summed E-state index contributed by atoms with van der Waals surface area (Å²) in [6, 6.07) is 0. The third-order valence-electron chi connectivity index (χ3n) is 8.29. The van der Waals surface area contributed by atoms with Gasteiger partial charge in [-0.3, -0.25) is 4.79 Å². The highest BCUT2D eigenvalue weighted by Crippen LogP contribution is 2.64. The van der Waals surface area contributed by atoms with Crippen LogP contribution in [0.25, 0.3) is 0 Å². The van der Waals surface area contributed by atoms with Crippen LogP contribution in [0.3, 0.4) is 0 Å². The van der Waals surface area contributed by atoms with Crippen molar-refractivity contribution in [2.45, 2.75) is 97.7 Å². The minimum absolute atomic E-state index is 0.00455. The summed E-state index contributed by atoms with van der Waals surface area (Å²) in [6.07, 6.45) is 12.1. The lowest BCUT2D eigenvalue weighted by molar-refractivity contribution is -0.132. The fourth-order valence-corrected chi connectivity index (χ4v) is 7.00. The van der Waals surface area contributed by atoms with Crippen LogP contribution < -0.4 is 0 Å². The van der Waals surface area contributed by atoms with E-state index in [1.165, 1.54) is 25.7 Å². The molecule has 0 bridgehead atoms. The number of hydrogen-bond acceptors (Lipinski definition) is 2. The number of ether oxygens (including phenoxy) is 1. The van der Waals surface area contributed by atoms with Crippen LogP contribution in [-0.4, -0.2) is 17.5 Å². The molecule has 4 rings (SSSR count). The fourth-order valence-electron chi connectivity index (χ4n) is 7.00. The first-order chi connectivity index (χ1) is 11.6. The summed E-state index contributed by atoms with van der Waals surface area (Å²) in [5, 5.41) is 0.